The summed E-state index contributed by atoms with van der Waals surface area (Å²) in [5.41, 5.74) is 6.48. The topological polar surface area (TPSA) is 64.3 Å². The minimum absolute atomic E-state index is 0.0255. The molecule has 3 N–H and O–H groups in total. The Balaban J connectivity index is 2.35. The molecule has 1 rings (SSSR count). The number of amides is 1. The number of hydrogen-bond acceptors (Lipinski definition) is 3. The number of carbonyl (C=O) groups is 1. The van der Waals surface area contributed by atoms with Gasteiger partial charge in [0.1, 0.15) is 5.75 Å². The number of aryl methyl sites for hydroxylation is 1. The van der Waals surface area contributed by atoms with E-state index in [9.17, 15) is 4.79 Å². The van der Waals surface area contributed by atoms with Crippen molar-refractivity contribution in [3.8, 4) is 5.75 Å². The molecule has 1 unspecified atom stereocenters. The van der Waals surface area contributed by atoms with Gasteiger partial charge in [-0.25, -0.2) is 0 Å². The van der Waals surface area contributed by atoms with Gasteiger partial charge in [0, 0.05) is 12.1 Å². The van der Waals surface area contributed by atoms with Crippen molar-refractivity contribution in [2.24, 2.45) is 5.73 Å². The molecule has 4 heteroatoms. The number of nitrogens with one attached hydrogen (secondary N) is 1. The Morgan fingerprint density at radius 3 is 2.79 bits per heavy atom. The Bertz CT molecular complexity index is 414. The number of ether oxygens (including phenoxy) is 1. The zero-order chi connectivity index (χ0) is 14.3. The summed E-state index contributed by atoms with van der Waals surface area (Å²) in [4.78, 5) is 11.8. The van der Waals surface area contributed by atoms with E-state index in [-0.39, 0.29) is 11.4 Å². The van der Waals surface area contributed by atoms with Crippen molar-refractivity contribution >= 4 is 5.91 Å². The minimum atomic E-state index is -0.319. The van der Waals surface area contributed by atoms with E-state index >= 15 is 0 Å². The summed E-state index contributed by atoms with van der Waals surface area (Å²) in [6.07, 6.45) is 1.15. The van der Waals surface area contributed by atoms with Crippen LogP contribution in [0.15, 0.2) is 24.3 Å². The molecule has 0 heterocycles. The summed E-state index contributed by atoms with van der Waals surface area (Å²) < 4.78 is 5.55. The van der Waals surface area contributed by atoms with Crippen LogP contribution < -0.4 is 15.8 Å². The molecule has 0 spiro atoms. The summed E-state index contributed by atoms with van der Waals surface area (Å²) >= 11 is 0. The Labute approximate surface area is 115 Å². The second-order valence-corrected chi connectivity index (χ2v) is 5.08. The molecule has 0 fully saturated rings. The van der Waals surface area contributed by atoms with Gasteiger partial charge in [0.05, 0.1) is 13.0 Å². The third-order valence-corrected chi connectivity index (χ3v) is 3.26. The predicted octanol–water partition coefficient (Wildman–Crippen LogP) is 2.01. The lowest BCUT2D eigenvalue weighted by Crippen LogP contribution is -2.51. The van der Waals surface area contributed by atoms with Crippen molar-refractivity contribution in [1.29, 1.82) is 0 Å². The normalized spacial score (nSPS) is 13.7. The first-order chi connectivity index (χ1) is 8.99. The monoisotopic (exact) mass is 264 g/mol. The van der Waals surface area contributed by atoms with Crippen LogP contribution in [0, 0.1) is 6.92 Å². The number of nitrogens with two attached hydrogens (primary N) is 1. The van der Waals surface area contributed by atoms with E-state index in [2.05, 4.69) is 5.32 Å². The van der Waals surface area contributed by atoms with Crippen LogP contribution in [0.5, 0.6) is 5.75 Å². The lowest BCUT2D eigenvalue weighted by atomic mass is 9.99. The lowest BCUT2D eigenvalue weighted by molar-refractivity contribution is -0.123. The van der Waals surface area contributed by atoms with E-state index in [1.54, 1.807) is 0 Å². The average molecular weight is 264 g/mol. The Morgan fingerprint density at radius 1 is 1.47 bits per heavy atom. The molecule has 1 atom stereocenters. The highest BCUT2D eigenvalue weighted by atomic mass is 16.5. The molecule has 0 bridgehead atoms. The lowest BCUT2D eigenvalue weighted by Gasteiger charge is -2.27. The minimum Gasteiger partial charge on any atom is -0.493 e. The fourth-order valence-electron chi connectivity index (χ4n) is 1.65. The molecule has 0 saturated heterocycles. The molecule has 0 aliphatic carbocycles. The molecule has 1 aromatic rings. The van der Waals surface area contributed by atoms with Crippen LogP contribution >= 0.6 is 0 Å². The van der Waals surface area contributed by atoms with Gasteiger partial charge in [-0.2, -0.15) is 0 Å². The smallest absolute Gasteiger partial charge is 0.223 e. The van der Waals surface area contributed by atoms with Crippen molar-refractivity contribution in [2.45, 2.75) is 39.2 Å². The molecule has 0 saturated carbocycles. The van der Waals surface area contributed by atoms with Crippen LogP contribution in [0.4, 0.5) is 0 Å². The summed E-state index contributed by atoms with van der Waals surface area (Å²) in [6, 6.07) is 7.79. The second kappa shape index (κ2) is 7.14. The number of carbonyl (C=O) groups excluding carboxylic acids is 1. The molecule has 0 radical (unpaired) electrons. The van der Waals surface area contributed by atoms with E-state index in [0.717, 1.165) is 17.7 Å². The summed E-state index contributed by atoms with van der Waals surface area (Å²) in [5, 5.41) is 2.95. The maximum absolute atomic E-state index is 11.8. The number of hydrogen-bond donors (Lipinski definition) is 2. The second-order valence-electron chi connectivity index (χ2n) is 5.08. The third-order valence-electron chi connectivity index (χ3n) is 3.26. The molecule has 106 valence electrons. The average Bonchev–Trinajstić information content (AvgIpc) is 2.38. The largest absolute Gasteiger partial charge is 0.493 e. The van der Waals surface area contributed by atoms with Crippen LogP contribution in [0.25, 0.3) is 0 Å². The maximum atomic E-state index is 11.8. The molecule has 1 amide bonds. The molecule has 0 aliphatic rings. The first-order valence-electron chi connectivity index (χ1n) is 6.69. The first kappa shape index (κ1) is 15.5. The van der Waals surface area contributed by atoms with Crippen LogP contribution in [-0.2, 0) is 4.79 Å². The molecular formula is C15H24N2O2. The summed E-state index contributed by atoms with van der Waals surface area (Å²) in [7, 11) is 0. The fraction of sp³-hybridized carbons (Fsp3) is 0.533. The Kier molecular flexibility index (Phi) is 5.83. The highest BCUT2D eigenvalue weighted by Gasteiger charge is 2.21. The Hall–Kier alpha value is -1.55. The van der Waals surface area contributed by atoms with E-state index in [4.69, 9.17) is 10.5 Å². The van der Waals surface area contributed by atoms with Gasteiger partial charge in [0.25, 0.3) is 0 Å². The van der Waals surface area contributed by atoms with Gasteiger partial charge in [-0.15, -0.1) is 0 Å². The van der Waals surface area contributed by atoms with Crippen LogP contribution in [0.3, 0.4) is 0 Å². The standard InChI is InChI=1S/C15H24N2O2/c1-4-15(3,11-16)17-14(18)8-9-19-13-7-5-6-12(2)10-13/h5-7,10H,4,8-9,11,16H2,1-3H3,(H,17,18). The molecular weight excluding hydrogens is 240 g/mol. The highest BCUT2D eigenvalue weighted by Crippen LogP contribution is 2.12. The predicted molar refractivity (Wildman–Crippen MR) is 77.2 cm³/mol. The number of benzene rings is 1. The Morgan fingerprint density at radius 2 is 2.21 bits per heavy atom. The van der Waals surface area contributed by atoms with Gasteiger partial charge in [-0.1, -0.05) is 19.1 Å². The zero-order valence-electron chi connectivity index (χ0n) is 12.0. The molecule has 19 heavy (non-hydrogen) atoms. The van der Waals surface area contributed by atoms with Gasteiger partial charge >= 0.3 is 0 Å². The van der Waals surface area contributed by atoms with Crippen LogP contribution in [0.1, 0.15) is 32.3 Å². The van der Waals surface area contributed by atoms with E-state index in [1.807, 2.05) is 45.0 Å². The molecule has 1 aromatic carbocycles. The first-order valence-corrected chi connectivity index (χ1v) is 6.69. The quantitative estimate of drug-likeness (QED) is 0.791. The van der Waals surface area contributed by atoms with Crippen molar-refractivity contribution in [3.05, 3.63) is 29.8 Å². The number of rotatable bonds is 7. The molecule has 0 aliphatic heterocycles. The van der Waals surface area contributed by atoms with Gasteiger partial charge in [0.15, 0.2) is 0 Å². The van der Waals surface area contributed by atoms with Gasteiger partial charge < -0.3 is 15.8 Å². The highest BCUT2D eigenvalue weighted by molar-refractivity contribution is 5.76. The fourth-order valence-corrected chi connectivity index (χ4v) is 1.65. The zero-order valence-corrected chi connectivity index (χ0v) is 12.0. The van der Waals surface area contributed by atoms with Crippen molar-refractivity contribution < 1.29 is 9.53 Å². The van der Waals surface area contributed by atoms with Crippen molar-refractivity contribution in [3.63, 3.8) is 0 Å². The summed E-state index contributed by atoms with van der Waals surface area (Å²) in [5.74, 6) is 0.771. The van der Waals surface area contributed by atoms with E-state index in [0.29, 0.717) is 19.6 Å². The van der Waals surface area contributed by atoms with Gasteiger partial charge in [-0.05, 0) is 38.0 Å². The third kappa shape index (κ3) is 5.30. The van der Waals surface area contributed by atoms with E-state index in [1.165, 1.54) is 0 Å². The SMILES string of the molecule is CCC(C)(CN)NC(=O)CCOc1cccc(C)c1. The van der Waals surface area contributed by atoms with Crippen molar-refractivity contribution in [1.82, 2.24) is 5.32 Å². The van der Waals surface area contributed by atoms with Gasteiger partial charge in [-0.3, -0.25) is 4.79 Å². The van der Waals surface area contributed by atoms with Crippen molar-refractivity contribution in [2.75, 3.05) is 13.2 Å². The van der Waals surface area contributed by atoms with Crippen LogP contribution in [-0.4, -0.2) is 24.6 Å². The van der Waals surface area contributed by atoms with Gasteiger partial charge in [0.2, 0.25) is 5.91 Å². The van der Waals surface area contributed by atoms with Crippen LogP contribution in [0.2, 0.25) is 0 Å². The van der Waals surface area contributed by atoms with E-state index < -0.39 is 0 Å². The molecule has 4 nitrogen and oxygen atoms in total. The summed E-state index contributed by atoms with van der Waals surface area (Å²) in [6.45, 7) is 6.78. The maximum Gasteiger partial charge on any atom is 0.223 e. The molecule has 0 aromatic heterocycles.